The minimum atomic E-state index is -0.470. The van der Waals surface area contributed by atoms with Gasteiger partial charge in [0, 0.05) is 5.92 Å². The highest BCUT2D eigenvalue weighted by Gasteiger charge is 2.29. The number of carbonyl (C=O) groups is 1. The molecule has 2 amide bonds. The van der Waals surface area contributed by atoms with Crippen molar-refractivity contribution in [3.63, 3.8) is 0 Å². The molecule has 8 heteroatoms. The van der Waals surface area contributed by atoms with E-state index in [0.29, 0.717) is 17.6 Å². The summed E-state index contributed by atoms with van der Waals surface area (Å²) in [5, 5.41) is 8.81. The summed E-state index contributed by atoms with van der Waals surface area (Å²) in [7, 11) is 0. The van der Waals surface area contributed by atoms with Crippen LogP contribution in [0.3, 0.4) is 0 Å². The van der Waals surface area contributed by atoms with Crippen molar-refractivity contribution in [3.05, 3.63) is 35.9 Å². The van der Waals surface area contributed by atoms with Gasteiger partial charge in [-0.15, -0.1) is 0 Å². The number of halogens is 1. The second-order valence-corrected chi connectivity index (χ2v) is 4.49. The van der Waals surface area contributed by atoms with Gasteiger partial charge in [-0.3, -0.25) is 5.32 Å². The lowest BCUT2D eigenvalue weighted by Gasteiger charge is -2.04. The molecule has 2 aromatic rings. The SMILES string of the molecule is O=C(NCc1noc(C2CC2)n1)Nc1ccc(F)cn1. The smallest absolute Gasteiger partial charge is 0.320 e. The molecule has 104 valence electrons. The van der Waals surface area contributed by atoms with Crippen LogP contribution in [0.15, 0.2) is 22.9 Å². The number of anilines is 1. The lowest BCUT2D eigenvalue weighted by molar-refractivity contribution is 0.251. The molecule has 1 fully saturated rings. The van der Waals surface area contributed by atoms with Crippen LogP contribution in [-0.2, 0) is 6.54 Å². The highest BCUT2D eigenvalue weighted by atomic mass is 19.1. The van der Waals surface area contributed by atoms with Gasteiger partial charge in [0.1, 0.15) is 11.6 Å². The predicted octanol–water partition coefficient (Wildman–Crippen LogP) is 1.80. The van der Waals surface area contributed by atoms with E-state index in [1.165, 1.54) is 12.1 Å². The lowest BCUT2D eigenvalue weighted by Crippen LogP contribution is -2.29. The van der Waals surface area contributed by atoms with E-state index in [0.717, 1.165) is 19.0 Å². The molecule has 0 unspecified atom stereocenters. The summed E-state index contributed by atoms with van der Waals surface area (Å²) < 4.78 is 17.7. The monoisotopic (exact) mass is 277 g/mol. The van der Waals surface area contributed by atoms with E-state index in [1.54, 1.807) is 0 Å². The topological polar surface area (TPSA) is 92.9 Å². The van der Waals surface area contributed by atoms with Gasteiger partial charge in [0.05, 0.1) is 12.7 Å². The molecule has 7 nitrogen and oxygen atoms in total. The molecule has 1 saturated carbocycles. The fraction of sp³-hybridized carbons (Fsp3) is 0.333. The molecule has 0 aliphatic heterocycles. The Kier molecular flexibility index (Phi) is 3.28. The van der Waals surface area contributed by atoms with Gasteiger partial charge < -0.3 is 9.84 Å². The van der Waals surface area contributed by atoms with Crippen molar-refractivity contribution in [3.8, 4) is 0 Å². The number of nitrogens with one attached hydrogen (secondary N) is 2. The predicted molar refractivity (Wildman–Crippen MR) is 66.3 cm³/mol. The largest absolute Gasteiger partial charge is 0.339 e. The van der Waals surface area contributed by atoms with Crippen LogP contribution in [0.25, 0.3) is 0 Å². The Morgan fingerprint density at radius 3 is 3.00 bits per heavy atom. The first-order valence-corrected chi connectivity index (χ1v) is 6.19. The highest BCUT2D eigenvalue weighted by Crippen LogP contribution is 2.38. The molecular weight excluding hydrogens is 265 g/mol. The lowest BCUT2D eigenvalue weighted by atomic mass is 10.4. The van der Waals surface area contributed by atoms with Gasteiger partial charge >= 0.3 is 6.03 Å². The van der Waals surface area contributed by atoms with Gasteiger partial charge in [-0.1, -0.05) is 5.16 Å². The molecule has 2 aromatic heterocycles. The van der Waals surface area contributed by atoms with Crippen LogP contribution < -0.4 is 10.6 Å². The maximum absolute atomic E-state index is 12.6. The third-order valence-corrected chi connectivity index (χ3v) is 2.79. The average molecular weight is 277 g/mol. The van der Waals surface area contributed by atoms with Crippen LogP contribution in [-0.4, -0.2) is 21.2 Å². The molecule has 3 rings (SSSR count). The molecule has 1 aliphatic carbocycles. The minimum Gasteiger partial charge on any atom is -0.339 e. The van der Waals surface area contributed by atoms with Crippen molar-refractivity contribution in [2.75, 3.05) is 5.32 Å². The van der Waals surface area contributed by atoms with Crippen molar-refractivity contribution in [1.82, 2.24) is 20.4 Å². The summed E-state index contributed by atoms with van der Waals surface area (Å²) in [4.78, 5) is 19.5. The number of amides is 2. The first kappa shape index (κ1) is 12.5. The second-order valence-electron chi connectivity index (χ2n) is 4.49. The zero-order valence-electron chi connectivity index (χ0n) is 10.5. The van der Waals surface area contributed by atoms with E-state index in [2.05, 4.69) is 25.8 Å². The molecular formula is C12H12FN5O2. The highest BCUT2D eigenvalue weighted by molar-refractivity contribution is 5.87. The number of carbonyl (C=O) groups excluding carboxylic acids is 1. The first-order chi connectivity index (χ1) is 9.70. The molecule has 2 heterocycles. The summed E-state index contributed by atoms with van der Waals surface area (Å²) in [6.45, 7) is 0.156. The Morgan fingerprint density at radius 1 is 1.45 bits per heavy atom. The van der Waals surface area contributed by atoms with Crippen LogP contribution in [0.1, 0.15) is 30.5 Å². The molecule has 20 heavy (non-hydrogen) atoms. The van der Waals surface area contributed by atoms with Gasteiger partial charge in [0.15, 0.2) is 5.82 Å². The van der Waals surface area contributed by atoms with Gasteiger partial charge in [-0.25, -0.2) is 14.2 Å². The molecule has 0 bridgehead atoms. The Labute approximate surface area is 113 Å². The normalized spacial score (nSPS) is 14.1. The quantitative estimate of drug-likeness (QED) is 0.888. The van der Waals surface area contributed by atoms with Crippen molar-refractivity contribution in [2.24, 2.45) is 0 Å². The average Bonchev–Trinajstić information content (AvgIpc) is 3.18. The van der Waals surface area contributed by atoms with E-state index >= 15 is 0 Å². The van der Waals surface area contributed by atoms with Crippen LogP contribution >= 0.6 is 0 Å². The standard InChI is InChI=1S/C12H12FN5O2/c13-8-3-4-9(14-5-8)17-12(19)15-6-10-16-11(20-18-10)7-1-2-7/h3-5,7H,1-2,6H2,(H2,14,15,17,19). The van der Waals surface area contributed by atoms with Crippen LogP contribution in [0.4, 0.5) is 15.0 Å². The van der Waals surface area contributed by atoms with E-state index in [9.17, 15) is 9.18 Å². The van der Waals surface area contributed by atoms with Crippen molar-refractivity contribution < 1.29 is 13.7 Å². The van der Waals surface area contributed by atoms with Gasteiger partial charge in [0.25, 0.3) is 0 Å². The number of nitrogens with zero attached hydrogens (tertiary/aromatic N) is 3. The summed E-state index contributed by atoms with van der Waals surface area (Å²) >= 11 is 0. The van der Waals surface area contributed by atoms with Crippen LogP contribution in [0.2, 0.25) is 0 Å². The number of pyridine rings is 1. The summed E-state index contributed by atoms with van der Waals surface area (Å²) in [6, 6.07) is 2.11. The third-order valence-electron chi connectivity index (χ3n) is 2.79. The molecule has 0 aromatic carbocycles. The fourth-order valence-electron chi connectivity index (χ4n) is 1.60. The second kappa shape index (κ2) is 5.24. The zero-order chi connectivity index (χ0) is 13.9. The van der Waals surface area contributed by atoms with E-state index in [4.69, 9.17) is 4.52 Å². The van der Waals surface area contributed by atoms with Crippen molar-refractivity contribution in [2.45, 2.75) is 25.3 Å². The summed E-state index contributed by atoms with van der Waals surface area (Å²) in [5.74, 6) is 1.23. The van der Waals surface area contributed by atoms with E-state index in [-0.39, 0.29) is 12.4 Å². The molecule has 2 N–H and O–H groups in total. The summed E-state index contributed by atoms with van der Waals surface area (Å²) in [5.41, 5.74) is 0. The maximum Gasteiger partial charge on any atom is 0.320 e. The summed E-state index contributed by atoms with van der Waals surface area (Å²) in [6.07, 6.45) is 3.17. The van der Waals surface area contributed by atoms with Gasteiger partial charge in [-0.2, -0.15) is 4.98 Å². The van der Waals surface area contributed by atoms with Crippen molar-refractivity contribution >= 4 is 11.8 Å². The fourth-order valence-corrected chi connectivity index (χ4v) is 1.60. The Morgan fingerprint density at radius 2 is 2.30 bits per heavy atom. The maximum atomic E-state index is 12.6. The third kappa shape index (κ3) is 3.08. The van der Waals surface area contributed by atoms with Crippen LogP contribution in [0, 0.1) is 5.82 Å². The minimum absolute atomic E-state index is 0.156. The molecule has 0 saturated heterocycles. The van der Waals surface area contributed by atoms with Gasteiger partial charge in [-0.05, 0) is 25.0 Å². The van der Waals surface area contributed by atoms with E-state index < -0.39 is 11.8 Å². The zero-order valence-corrected chi connectivity index (χ0v) is 10.5. The molecule has 0 radical (unpaired) electrons. The van der Waals surface area contributed by atoms with Crippen molar-refractivity contribution in [1.29, 1.82) is 0 Å². The Balaban J connectivity index is 1.49. The molecule has 0 spiro atoms. The van der Waals surface area contributed by atoms with Gasteiger partial charge in [0.2, 0.25) is 5.89 Å². The van der Waals surface area contributed by atoms with E-state index in [1.807, 2.05) is 0 Å². The number of hydrogen-bond acceptors (Lipinski definition) is 5. The number of hydrogen-bond donors (Lipinski definition) is 2. The molecule has 1 aliphatic rings. The Bertz CT molecular complexity index is 609. The number of aromatic nitrogens is 3. The number of urea groups is 1. The first-order valence-electron chi connectivity index (χ1n) is 6.19. The Hall–Kier alpha value is -2.51. The molecule has 0 atom stereocenters. The number of rotatable bonds is 4. The van der Waals surface area contributed by atoms with Crippen LogP contribution in [0.5, 0.6) is 0 Å².